The zero-order valence-corrected chi connectivity index (χ0v) is 12.9. The Bertz CT molecular complexity index is 697. The van der Waals surface area contributed by atoms with Crippen LogP contribution in [0.5, 0.6) is 0 Å². The SMILES string of the molecule is Cc1[nH]nc(S(=O)(=O)N(C)CCc2ccncc2)c1CN. The van der Waals surface area contributed by atoms with Crippen LogP contribution in [0, 0.1) is 6.92 Å². The molecule has 0 aliphatic carbocycles. The maximum absolute atomic E-state index is 12.5. The number of rotatable bonds is 6. The Morgan fingerprint density at radius 1 is 1.33 bits per heavy atom. The fraction of sp³-hybridized carbons (Fsp3) is 0.385. The van der Waals surface area contributed by atoms with Crippen molar-refractivity contribution in [1.82, 2.24) is 19.5 Å². The Labute approximate surface area is 124 Å². The van der Waals surface area contributed by atoms with Gasteiger partial charge < -0.3 is 5.73 Å². The number of sulfonamides is 1. The Morgan fingerprint density at radius 2 is 2.00 bits per heavy atom. The van der Waals surface area contributed by atoms with Gasteiger partial charge in [-0.3, -0.25) is 10.1 Å². The summed E-state index contributed by atoms with van der Waals surface area (Å²) in [6, 6.07) is 3.73. The second kappa shape index (κ2) is 6.33. The van der Waals surface area contributed by atoms with Gasteiger partial charge in [-0.05, 0) is 31.0 Å². The summed E-state index contributed by atoms with van der Waals surface area (Å²) in [6.45, 7) is 2.25. The van der Waals surface area contributed by atoms with Crippen molar-refractivity contribution in [2.45, 2.75) is 24.9 Å². The maximum Gasteiger partial charge on any atom is 0.262 e. The molecule has 0 aromatic carbocycles. The number of nitrogens with one attached hydrogen (secondary N) is 1. The van der Waals surface area contributed by atoms with Crippen LogP contribution in [0.1, 0.15) is 16.8 Å². The van der Waals surface area contributed by atoms with E-state index in [2.05, 4.69) is 15.2 Å². The number of H-pyrrole nitrogens is 1. The minimum atomic E-state index is -3.64. The van der Waals surface area contributed by atoms with Crippen LogP contribution < -0.4 is 5.73 Å². The van der Waals surface area contributed by atoms with Gasteiger partial charge in [-0.25, -0.2) is 8.42 Å². The average molecular weight is 309 g/mol. The van der Waals surface area contributed by atoms with Crippen molar-refractivity contribution in [2.24, 2.45) is 5.73 Å². The summed E-state index contributed by atoms with van der Waals surface area (Å²) >= 11 is 0. The molecule has 0 fully saturated rings. The van der Waals surface area contributed by atoms with E-state index in [1.165, 1.54) is 4.31 Å². The van der Waals surface area contributed by atoms with E-state index in [1.807, 2.05) is 12.1 Å². The highest BCUT2D eigenvalue weighted by Crippen LogP contribution is 2.19. The minimum Gasteiger partial charge on any atom is -0.326 e. The third-order valence-electron chi connectivity index (χ3n) is 3.36. The van der Waals surface area contributed by atoms with Crippen molar-refractivity contribution in [3.63, 3.8) is 0 Å². The van der Waals surface area contributed by atoms with E-state index in [0.717, 1.165) is 5.56 Å². The lowest BCUT2D eigenvalue weighted by molar-refractivity contribution is 0.468. The van der Waals surface area contributed by atoms with Crippen LogP contribution in [0.15, 0.2) is 29.6 Å². The fourth-order valence-electron chi connectivity index (χ4n) is 1.99. The smallest absolute Gasteiger partial charge is 0.262 e. The Kier molecular flexibility index (Phi) is 4.71. The van der Waals surface area contributed by atoms with Crippen molar-refractivity contribution in [2.75, 3.05) is 13.6 Å². The van der Waals surface area contributed by atoms with E-state index in [1.54, 1.807) is 26.4 Å². The van der Waals surface area contributed by atoms with Gasteiger partial charge in [-0.2, -0.15) is 9.40 Å². The summed E-state index contributed by atoms with van der Waals surface area (Å²) in [4.78, 5) is 3.93. The summed E-state index contributed by atoms with van der Waals surface area (Å²) < 4.78 is 26.3. The highest BCUT2D eigenvalue weighted by molar-refractivity contribution is 7.89. The van der Waals surface area contributed by atoms with Gasteiger partial charge in [-0.15, -0.1) is 0 Å². The van der Waals surface area contributed by atoms with Crippen molar-refractivity contribution in [3.8, 4) is 0 Å². The first-order chi connectivity index (χ1) is 9.96. The number of pyridine rings is 1. The van der Waals surface area contributed by atoms with E-state index < -0.39 is 10.0 Å². The van der Waals surface area contributed by atoms with Crippen molar-refractivity contribution < 1.29 is 8.42 Å². The summed E-state index contributed by atoms with van der Waals surface area (Å²) in [5.74, 6) is 0. The largest absolute Gasteiger partial charge is 0.326 e. The number of nitrogens with two attached hydrogens (primary N) is 1. The molecule has 21 heavy (non-hydrogen) atoms. The molecule has 2 aromatic rings. The van der Waals surface area contributed by atoms with Crippen LogP contribution in [-0.4, -0.2) is 41.5 Å². The summed E-state index contributed by atoms with van der Waals surface area (Å²) in [5.41, 5.74) is 7.85. The number of aromatic nitrogens is 3. The number of nitrogens with zero attached hydrogens (tertiary/aromatic N) is 3. The van der Waals surface area contributed by atoms with Gasteiger partial charge in [0.05, 0.1) is 0 Å². The first-order valence-electron chi connectivity index (χ1n) is 6.56. The first kappa shape index (κ1) is 15.6. The van der Waals surface area contributed by atoms with Crippen LogP contribution in [-0.2, 0) is 23.0 Å². The monoisotopic (exact) mass is 309 g/mol. The molecule has 0 bridgehead atoms. The topological polar surface area (TPSA) is 105 Å². The molecule has 0 radical (unpaired) electrons. The Balaban J connectivity index is 2.15. The first-order valence-corrected chi connectivity index (χ1v) is 8.00. The van der Waals surface area contributed by atoms with Gasteiger partial charge in [0.15, 0.2) is 5.03 Å². The second-order valence-corrected chi connectivity index (χ2v) is 6.73. The molecule has 7 nitrogen and oxygen atoms in total. The number of aromatic amines is 1. The number of likely N-dealkylation sites (N-methyl/N-ethyl adjacent to an activating group) is 1. The molecule has 0 amide bonds. The third-order valence-corrected chi connectivity index (χ3v) is 5.19. The van der Waals surface area contributed by atoms with Gasteiger partial charge in [0, 0.05) is 43.8 Å². The van der Waals surface area contributed by atoms with Gasteiger partial charge in [-0.1, -0.05) is 0 Å². The zero-order chi connectivity index (χ0) is 15.5. The highest BCUT2D eigenvalue weighted by Gasteiger charge is 2.27. The van der Waals surface area contributed by atoms with Crippen LogP contribution in [0.4, 0.5) is 0 Å². The van der Waals surface area contributed by atoms with Crippen molar-refractivity contribution in [1.29, 1.82) is 0 Å². The molecule has 0 aliphatic rings. The maximum atomic E-state index is 12.5. The predicted molar refractivity (Wildman–Crippen MR) is 79.0 cm³/mol. The third kappa shape index (κ3) is 3.29. The lowest BCUT2D eigenvalue weighted by atomic mass is 10.2. The molecule has 0 aliphatic heterocycles. The van der Waals surface area contributed by atoms with E-state index >= 15 is 0 Å². The molecule has 2 aromatic heterocycles. The second-order valence-electron chi connectivity index (χ2n) is 4.77. The molecular formula is C13H19N5O2S. The van der Waals surface area contributed by atoms with Crippen molar-refractivity contribution in [3.05, 3.63) is 41.3 Å². The standard InChI is InChI=1S/C13H19N5O2S/c1-10-12(9-14)13(17-16-10)21(19,20)18(2)8-5-11-3-6-15-7-4-11/h3-4,6-7H,5,8-9,14H2,1-2H3,(H,16,17). The average Bonchev–Trinajstić information content (AvgIpc) is 2.87. The minimum absolute atomic E-state index is 0.0136. The quantitative estimate of drug-likeness (QED) is 0.805. The molecule has 2 rings (SSSR count). The van der Waals surface area contributed by atoms with Crippen molar-refractivity contribution >= 4 is 10.0 Å². The number of hydrogen-bond acceptors (Lipinski definition) is 5. The molecular weight excluding hydrogens is 290 g/mol. The summed E-state index contributed by atoms with van der Waals surface area (Å²) in [7, 11) is -2.09. The van der Waals surface area contributed by atoms with E-state index in [-0.39, 0.29) is 11.6 Å². The van der Waals surface area contributed by atoms with Crippen LogP contribution in [0.3, 0.4) is 0 Å². The molecule has 0 unspecified atom stereocenters. The van der Waals surface area contributed by atoms with E-state index in [4.69, 9.17) is 5.73 Å². The lowest BCUT2D eigenvalue weighted by Gasteiger charge is -2.16. The fourth-order valence-corrected chi connectivity index (χ4v) is 3.32. The Hall–Kier alpha value is -1.77. The van der Waals surface area contributed by atoms with Gasteiger partial charge in [0.1, 0.15) is 0 Å². The van der Waals surface area contributed by atoms with Gasteiger partial charge in [0.2, 0.25) is 0 Å². The Morgan fingerprint density at radius 3 is 2.62 bits per heavy atom. The molecule has 3 N–H and O–H groups in total. The zero-order valence-electron chi connectivity index (χ0n) is 12.1. The molecule has 2 heterocycles. The molecule has 0 saturated heterocycles. The number of aryl methyl sites for hydroxylation is 1. The van der Waals surface area contributed by atoms with Crippen LogP contribution >= 0.6 is 0 Å². The normalized spacial score (nSPS) is 12.0. The van der Waals surface area contributed by atoms with Crippen LogP contribution in [0.25, 0.3) is 0 Å². The van der Waals surface area contributed by atoms with Crippen LogP contribution in [0.2, 0.25) is 0 Å². The van der Waals surface area contributed by atoms with E-state index in [0.29, 0.717) is 24.2 Å². The summed E-state index contributed by atoms with van der Waals surface area (Å²) in [5, 5.41) is 6.58. The van der Waals surface area contributed by atoms with E-state index in [9.17, 15) is 8.42 Å². The van der Waals surface area contributed by atoms with Gasteiger partial charge >= 0.3 is 0 Å². The molecule has 0 spiro atoms. The summed E-state index contributed by atoms with van der Waals surface area (Å²) in [6.07, 6.45) is 3.99. The molecule has 114 valence electrons. The predicted octanol–water partition coefficient (Wildman–Crippen LogP) is 0.435. The molecule has 0 saturated carbocycles. The molecule has 0 atom stereocenters. The van der Waals surface area contributed by atoms with Gasteiger partial charge in [0.25, 0.3) is 10.0 Å². The highest BCUT2D eigenvalue weighted by atomic mass is 32.2. The lowest BCUT2D eigenvalue weighted by Crippen LogP contribution is -2.30. The number of hydrogen-bond donors (Lipinski definition) is 2. The molecule has 8 heteroatoms.